The van der Waals surface area contributed by atoms with Crippen molar-refractivity contribution in [3.05, 3.63) is 78.5 Å². The molecule has 2 aromatic carbocycles. The molecule has 0 amide bonds. The number of alkyl halides is 3. The molecule has 172 valence electrons. The first-order chi connectivity index (χ1) is 15.6. The molecule has 4 aromatic rings. The van der Waals surface area contributed by atoms with E-state index in [-0.39, 0.29) is 0 Å². The molecule has 0 radical (unpaired) electrons. The first kappa shape index (κ1) is 23.0. The SMILES string of the molecule is COc1ccc(-c2cccc3c4ccccc4cc(C4CC4)[n+]23)cc1.O=S(=O)([O-])C(F)(F)F. The van der Waals surface area contributed by atoms with Crippen LogP contribution in [-0.2, 0) is 10.1 Å². The zero-order chi connectivity index (χ0) is 23.8. The lowest BCUT2D eigenvalue weighted by Crippen LogP contribution is -2.30. The molecule has 1 aliphatic rings. The molecule has 2 heterocycles. The van der Waals surface area contributed by atoms with Crippen LogP contribution < -0.4 is 9.14 Å². The number of fused-ring (bicyclic) bond motifs is 3. The summed E-state index contributed by atoms with van der Waals surface area (Å²) in [5, 5.41) is 2.64. The van der Waals surface area contributed by atoms with Gasteiger partial charge in [0, 0.05) is 29.7 Å². The van der Waals surface area contributed by atoms with Crippen LogP contribution in [0, 0.1) is 0 Å². The Hall–Kier alpha value is -3.17. The highest BCUT2D eigenvalue weighted by molar-refractivity contribution is 7.86. The maximum absolute atomic E-state index is 10.7. The van der Waals surface area contributed by atoms with Crippen molar-refractivity contribution in [2.75, 3.05) is 7.11 Å². The van der Waals surface area contributed by atoms with Crippen LogP contribution in [0.25, 0.3) is 27.5 Å². The van der Waals surface area contributed by atoms with Gasteiger partial charge >= 0.3 is 5.51 Å². The van der Waals surface area contributed by atoms with Gasteiger partial charge in [-0.25, -0.2) is 8.42 Å². The molecule has 9 heteroatoms. The summed E-state index contributed by atoms with van der Waals surface area (Å²) in [5.74, 6) is 1.57. The monoisotopic (exact) mass is 475 g/mol. The molecule has 1 aliphatic carbocycles. The van der Waals surface area contributed by atoms with Crippen LogP contribution in [0.2, 0.25) is 0 Å². The quantitative estimate of drug-likeness (QED) is 0.177. The van der Waals surface area contributed by atoms with Crippen LogP contribution in [0.15, 0.2) is 72.8 Å². The van der Waals surface area contributed by atoms with E-state index in [1.807, 2.05) is 12.1 Å². The number of methoxy groups -OCH3 is 1. The third-order valence-electron chi connectivity index (χ3n) is 5.45. The summed E-state index contributed by atoms with van der Waals surface area (Å²) in [6.45, 7) is 0. The lowest BCUT2D eigenvalue weighted by molar-refractivity contribution is -0.508. The molecular formula is C24H20F3NO4S. The first-order valence-corrected chi connectivity index (χ1v) is 11.5. The molecule has 33 heavy (non-hydrogen) atoms. The van der Waals surface area contributed by atoms with E-state index in [2.05, 4.69) is 65.1 Å². The van der Waals surface area contributed by atoms with Crippen LogP contribution in [0.1, 0.15) is 24.5 Å². The molecule has 0 atom stereocenters. The van der Waals surface area contributed by atoms with Crippen LogP contribution in [0.4, 0.5) is 13.2 Å². The Labute approximate surface area is 188 Å². The Morgan fingerprint density at radius 3 is 2.18 bits per heavy atom. The zero-order valence-corrected chi connectivity index (χ0v) is 18.4. The fourth-order valence-corrected chi connectivity index (χ4v) is 3.74. The van der Waals surface area contributed by atoms with Crippen molar-refractivity contribution < 1.29 is 35.3 Å². The summed E-state index contributed by atoms with van der Waals surface area (Å²) in [7, 11) is -4.38. The number of halogens is 3. The second kappa shape index (κ2) is 8.64. The number of nitrogens with zero attached hydrogens (tertiary/aromatic N) is 1. The minimum absolute atomic E-state index is 0.677. The smallest absolute Gasteiger partial charge is 0.485 e. The highest BCUT2D eigenvalue weighted by Gasteiger charge is 2.37. The summed E-state index contributed by atoms with van der Waals surface area (Å²) < 4.78 is 66.7. The molecule has 0 bridgehead atoms. The lowest BCUT2D eigenvalue weighted by Gasteiger charge is -2.08. The maximum Gasteiger partial charge on any atom is 0.485 e. The van der Waals surface area contributed by atoms with Gasteiger partial charge in [-0.05, 0) is 54.6 Å². The minimum Gasteiger partial charge on any atom is -0.741 e. The summed E-state index contributed by atoms with van der Waals surface area (Å²) in [6, 6.07) is 26.1. The molecule has 0 N–H and O–H groups in total. The van der Waals surface area contributed by atoms with Crippen molar-refractivity contribution in [2.24, 2.45) is 0 Å². The molecular weight excluding hydrogens is 455 g/mol. The van der Waals surface area contributed by atoms with Crippen molar-refractivity contribution >= 4 is 26.4 Å². The van der Waals surface area contributed by atoms with Crippen LogP contribution in [0.3, 0.4) is 0 Å². The van der Waals surface area contributed by atoms with Gasteiger partial charge in [0.05, 0.1) is 12.5 Å². The summed E-state index contributed by atoms with van der Waals surface area (Å²) in [6.07, 6.45) is 2.58. The number of pyridine rings is 2. The molecule has 5 rings (SSSR count). The van der Waals surface area contributed by atoms with Crippen LogP contribution in [-0.4, -0.2) is 25.6 Å². The second-order valence-corrected chi connectivity index (χ2v) is 9.06. The van der Waals surface area contributed by atoms with E-state index < -0.39 is 15.6 Å². The van der Waals surface area contributed by atoms with Gasteiger partial charge in [0.15, 0.2) is 15.8 Å². The Balaban J connectivity index is 0.000000281. The second-order valence-electron chi connectivity index (χ2n) is 7.69. The van der Waals surface area contributed by atoms with Crippen molar-refractivity contribution in [1.29, 1.82) is 0 Å². The van der Waals surface area contributed by atoms with E-state index >= 15 is 0 Å². The largest absolute Gasteiger partial charge is 0.741 e. The average molecular weight is 475 g/mol. The number of hydrogen-bond acceptors (Lipinski definition) is 4. The van der Waals surface area contributed by atoms with Gasteiger partial charge in [-0.3, -0.25) is 0 Å². The Morgan fingerprint density at radius 1 is 0.970 bits per heavy atom. The van der Waals surface area contributed by atoms with Gasteiger partial charge in [-0.2, -0.15) is 17.6 Å². The summed E-state index contributed by atoms with van der Waals surface area (Å²) in [5.41, 5.74) is -0.470. The van der Waals surface area contributed by atoms with Gasteiger partial charge in [0.25, 0.3) is 0 Å². The lowest BCUT2D eigenvalue weighted by atomic mass is 10.0. The van der Waals surface area contributed by atoms with E-state index in [1.165, 1.54) is 46.1 Å². The topological polar surface area (TPSA) is 70.5 Å². The Bertz CT molecular complexity index is 1410. The number of rotatable bonds is 3. The highest BCUT2D eigenvalue weighted by atomic mass is 32.2. The number of aromatic nitrogens is 1. The fourth-order valence-electron chi connectivity index (χ4n) is 3.74. The third kappa shape index (κ3) is 4.79. The normalized spacial score (nSPS) is 14.1. The molecule has 0 saturated heterocycles. The molecule has 2 aromatic heterocycles. The minimum atomic E-state index is -6.09. The standard InChI is InChI=1S/C23H20NO.CHF3O3S/c1-25-19-13-11-16(12-14-19)21-7-4-8-22-20-6-3-2-5-18(20)15-23(24(21)22)17-9-10-17;2-1(3,4)8(5,6)7/h2-8,11-15,17H,9-10H2,1H3;(H,5,6,7)/q+1;/p-1. The predicted molar refractivity (Wildman–Crippen MR) is 117 cm³/mol. The Morgan fingerprint density at radius 2 is 1.61 bits per heavy atom. The van der Waals surface area contributed by atoms with Gasteiger partial charge in [0.2, 0.25) is 11.2 Å². The van der Waals surface area contributed by atoms with Crippen molar-refractivity contribution in [3.63, 3.8) is 0 Å². The van der Waals surface area contributed by atoms with Gasteiger partial charge < -0.3 is 9.29 Å². The number of benzene rings is 2. The Kier molecular flexibility index (Phi) is 6.02. The van der Waals surface area contributed by atoms with Gasteiger partial charge in [-0.15, -0.1) is 0 Å². The molecule has 0 aliphatic heterocycles. The van der Waals surface area contributed by atoms with Crippen molar-refractivity contribution in [2.45, 2.75) is 24.3 Å². The van der Waals surface area contributed by atoms with E-state index in [1.54, 1.807) is 7.11 Å². The fraction of sp³-hybridized carbons (Fsp3) is 0.208. The number of hydrogen-bond donors (Lipinski definition) is 0. The summed E-state index contributed by atoms with van der Waals surface area (Å²) in [4.78, 5) is 0. The first-order valence-electron chi connectivity index (χ1n) is 10.1. The van der Waals surface area contributed by atoms with E-state index in [4.69, 9.17) is 17.7 Å². The molecule has 0 spiro atoms. The van der Waals surface area contributed by atoms with Crippen molar-refractivity contribution in [1.82, 2.24) is 0 Å². The highest BCUT2D eigenvalue weighted by Crippen LogP contribution is 2.40. The average Bonchev–Trinajstić information content (AvgIpc) is 3.63. The van der Waals surface area contributed by atoms with Crippen LogP contribution >= 0.6 is 0 Å². The third-order valence-corrected chi connectivity index (χ3v) is 6.02. The van der Waals surface area contributed by atoms with E-state index in [9.17, 15) is 13.2 Å². The van der Waals surface area contributed by atoms with Crippen LogP contribution in [0.5, 0.6) is 5.75 Å². The molecule has 1 saturated carbocycles. The zero-order valence-electron chi connectivity index (χ0n) is 17.5. The molecule has 1 fully saturated rings. The van der Waals surface area contributed by atoms with Gasteiger partial charge in [0.1, 0.15) is 5.75 Å². The van der Waals surface area contributed by atoms with E-state index in [0.717, 1.165) is 5.75 Å². The number of ether oxygens (including phenoxy) is 1. The molecule has 5 nitrogen and oxygen atoms in total. The van der Waals surface area contributed by atoms with Crippen molar-refractivity contribution in [3.8, 4) is 17.0 Å². The maximum atomic E-state index is 10.7. The summed E-state index contributed by atoms with van der Waals surface area (Å²) >= 11 is 0. The van der Waals surface area contributed by atoms with Gasteiger partial charge in [-0.1, -0.05) is 18.2 Å². The predicted octanol–water partition coefficient (Wildman–Crippen LogP) is 5.18. The van der Waals surface area contributed by atoms with E-state index in [0.29, 0.717) is 5.92 Å². The molecule has 0 unspecified atom stereocenters.